The molecule has 0 spiro atoms. The first-order valence-electron chi connectivity index (χ1n) is 5.89. The van der Waals surface area contributed by atoms with Gasteiger partial charge in [0.2, 0.25) is 0 Å². The Hall–Kier alpha value is -1.24. The van der Waals surface area contributed by atoms with E-state index < -0.39 is 11.8 Å². The molecule has 0 aromatic heterocycles. The van der Waals surface area contributed by atoms with Gasteiger partial charge in [0.1, 0.15) is 13.2 Å². The molecule has 0 saturated heterocycles. The van der Waals surface area contributed by atoms with Crippen LogP contribution in [-0.2, 0) is 15.6 Å². The van der Waals surface area contributed by atoms with E-state index in [9.17, 15) is 13.6 Å². The summed E-state index contributed by atoms with van der Waals surface area (Å²) in [6.45, 7) is 0.761. The summed E-state index contributed by atoms with van der Waals surface area (Å²) in [5.41, 5.74) is 1.44. The van der Waals surface area contributed by atoms with Crippen LogP contribution in [0.2, 0.25) is 0 Å². The Balaban J connectivity index is 0.00000361. The minimum Gasteiger partial charge on any atom is -1.00 e. The zero-order valence-electron chi connectivity index (χ0n) is 11.7. The van der Waals surface area contributed by atoms with Gasteiger partial charge < -0.3 is 16.9 Å². The van der Waals surface area contributed by atoms with E-state index in [-0.39, 0.29) is 24.6 Å². The van der Waals surface area contributed by atoms with Gasteiger partial charge >= 0.3 is 11.8 Å². The Morgan fingerprint density at radius 3 is 2.30 bits per heavy atom. The van der Waals surface area contributed by atoms with Crippen LogP contribution in [0.15, 0.2) is 30.3 Å². The fraction of sp³-hybridized carbons (Fsp3) is 0.462. The van der Waals surface area contributed by atoms with E-state index in [1.807, 2.05) is 21.1 Å². The van der Waals surface area contributed by atoms with Gasteiger partial charge in [0.15, 0.2) is 0 Å². The van der Waals surface area contributed by atoms with Crippen molar-refractivity contribution in [2.75, 3.05) is 34.3 Å². The molecule has 0 aliphatic heterocycles. The Bertz CT molecular complexity index is 422. The minimum atomic E-state index is -3.60. The second-order valence-corrected chi connectivity index (χ2v) is 5.23. The van der Waals surface area contributed by atoms with E-state index in [1.54, 1.807) is 11.5 Å². The van der Waals surface area contributed by atoms with Gasteiger partial charge in [-0.1, -0.05) is 30.3 Å². The van der Waals surface area contributed by atoms with Crippen molar-refractivity contribution in [3.8, 4) is 0 Å². The Labute approximate surface area is 123 Å². The molecule has 0 radical (unpaired) electrons. The second-order valence-electron chi connectivity index (χ2n) is 5.23. The number of likely N-dealkylation sites (N-methyl/N-ethyl adjacent to an activating group) is 1. The van der Waals surface area contributed by atoms with Crippen LogP contribution < -0.4 is 17.9 Å². The fourth-order valence-corrected chi connectivity index (χ4v) is 1.28. The zero-order valence-corrected chi connectivity index (χ0v) is 12.5. The van der Waals surface area contributed by atoms with E-state index in [0.717, 1.165) is 0 Å². The molecule has 1 amide bonds. The second kappa shape index (κ2) is 7.52. The first-order valence-corrected chi connectivity index (χ1v) is 5.89. The highest BCUT2D eigenvalue weighted by Gasteiger charge is 2.41. The molecule has 0 atom stereocenters. The summed E-state index contributed by atoms with van der Waals surface area (Å²) in [5, 5.41) is 0. The average molecular weight is 309 g/mol. The lowest BCUT2D eigenvalue weighted by Gasteiger charge is -2.23. The average Bonchev–Trinajstić information content (AvgIpc) is 2.34. The molecule has 114 valence electrons. The van der Waals surface area contributed by atoms with Crippen molar-refractivity contribution in [1.29, 1.82) is 0 Å². The lowest BCUT2D eigenvalue weighted by molar-refractivity contribution is -0.870. The Morgan fingerprint density at radius 1 is 1.25 bits per heavy atom. The molecule has 7 heteroatoms. The SMILES string of the molecule is C[N+](C)(C)CCONC(=O)C(F)(F)c1ccccc1.[Cl-]. The summed E-state index contributed by atoms with van der Waals surface area (Å²) in [5.74, 6) is -5.06. The molecule has 0 fully saturated rings. The van der Waals surface area contributed by atoms with Gasteiger partial charge in [0.05, 0.1) is 21.1 Å². The number of alkyl halides is 2. The number of hydrogen-bond donors (Lipinski definition) is 1. The van der Waals surface area contributed by atoms with E-state index in [2.05, 4.69) is 0 Å². The number of benzene rings is 1. The number of halogens is 3. The third-order valence-corrected chi connectivity index (χ3v) is 2.45. The number of amides is 1. The van der Waals surface area contributed by atoms with Crippen LogP contribution >= 0.6 is 0 Å². The third-order valence-electron chi connectivity index (χ3n) is 2.45. The summed E-state index contributed by atoms with van der Waals surface area (Å²) in [7, 11) is 5.80. The summed E-state index contributed by atoms with van der Waals surface area (Å²) in [6, 6.07) is 6.91. The number of hydroxylamine groups is 1. The van der Waals surface area contributed by atoms with Crippen LogP contribution in [0.4, 0.5) is 8.78 Å². The molecule has 1 aromatic carbocycles. The van der Waals surface area contributed by atoms with Gasteiger partial charge in [0.25, 0.3) is 0 Å². The van der Waals surface area contributed by atoms with E-state index >= 15 is 0 Å². The predicted molar refractivity (Wildman–Crippen MR) is 67.3 cm³/mol. The van der Waals surface area contributed by atoms with Gasteiger partial charge in [-0.2, -0.15) is 8.78 Å². The number of nitrogens with one attached hydrogen (secondary N) is 1. The molecule has 0 saturated carbocycles. The smallest absolute Gasteiger partial charge is 0.351 e. The van der Waals surface area contributed by atoms with Crippen LogP contribution in [0.5, 0.6) is 0 Å². The van der Waals surface area contributed by atoms with Crippen molar-refractivity contribution in [2.45, 2.75) is 5.92 Å². The van der Waals surface area contributed by atoms with E-state index in [1.165, 1.54) is 24.3 Å². The van der Waals surface area contributed by atoms with Crippen molar-refractivity contribution in [2.24, 2.45) is 0 Å². The topological polar surface area (TPSA) is 38.3 Å². The van der Waals surface area contributed by atoms with Crippen LogP contribution in [0.1, 0.15) is 5.56 Å². The minimum absolute atomic E-state index is 0. The number of carbonyl (C=O) groups excluding carboxylic acids is 1. The molecule has 1 aromatic rings. The van der Waals surface area contributed by atoms with Crippen molar-refractivity contribution < 1.29 is 35.3 Å². The molecule has 0 unspecified atom stereocenters. The molecule has 0 aliphatic rings. The Kier molecular flexibility index (Phi) is 7.05. The van der Waals surface area contributed by atoms with Crippen LogP contribution in [0.3, 0.4) is 0 Å². The Morgan fingerprint density at radius 2 is 1.80 bits per heavy atom. The van der Waals surface area contributed by atoms with Crippen LogP contribution in [0.25, 0.3) is 0 Å². The number of rotatable bonds is 6. The highest BCUT2D eigenvalue weighted by atomic mass is 35.5. The first kappa shape index (κ1) is 18.8. The molecule has 0 heterocycles. The van der Waals surface area contributed by atoms with Crippen molar-refractivity contribution >= 4 is 5.91 Å². The van der Waals surface area contributed by atoms with Gasteiger partial charge in [-0.05, 0) is 0 Å². The van der Waals surface area contributed by atoms with Crippen molar-refractivity contribution in [1.82, 2.24) is 5.48 Å². The summed E-state index contributed by atoms with van der Waals surface area (Å²) >= 11 is 0. The lowest BCUT2D eigenvalue weighted by Crippen LogP contribution is -3.00. The largest absolute Gasteiger partial charge is 1.00 e. The lowest BCUT2D eigenvalue weighted by atomic mass is 10.1. The summed E-state index contributed by atoms with van der Waals surface area (Å²) < 4.78 is 28.0. The summed E-state index contributed by atoms with van der Waals surface area (Å²) in [6.07, 6.45) is 0. The molecule has 0 aliphatic carbocycles. The zero-order chi connectivity index (χ0) is 14.5. The maximum atomic E-state index is 13.7. The predicted octanol–water partition coefficient (Wildman–Crippen LogP) is -1.46. The standard InChI is InChI=1S/C13H18F2N2O2.ClH/c1-17(2,3)9-10-19-16-12(18)13(14,15)11-7-5-4-6-8-11;/h4-8H,9-10H2,1-3H3;1H. The number of quaternary nitrogens is 1. The quantitative estimate of drug-likeness (QED) is 0.396. The highest BCUT2D eigenvalue weighted by molar-refractivity contribution is 5.83. The molecular weight excluding hydrogens is 290 g/mol. The van der Waals surface area contributed by atoms with Crippen molar-refractivity contribution in [3.63, 3.8) is 0 Å². The van der Waals surface area contributed by atoms with Crippen LogP contribution in [-0.4, -0.2) is 44.7 Å². The van der Waals surface area contributed by atoms with E-state index in [4.69, 9.17) is 4.84 Å². The van der Waals surface area contributed by atoms with Gasteiger partial charge in [0, 0.05) is 5.56 Å². The fourth-order valence-electron chi connectivity index (χ4n) is 1.28. The van der Waals surface area contributed by atoms with Gasteiger partial charge in [-0.3, -0.25) is 9.63 Å². The molecule has 20 heavy (non-hydrogen) atoms. The number of nitrogens with zero attached hydrogens (tertiary/aromatic N) is 1. The molecule has 1 rings (SSSR count). The van der Waals surface area contributed by atoms with E-state index in [0.29, 0.717) is 11.0 Å². The van der Waals surface area contributed by atoms with Crippen LogP contribution in [0, 0.1) is 0 Å². The molecule has 1 N–H and O–H groups in total. The number of carbonyl (C=O) groups is 1. The normalized spacial score (nSPS) is 11.7. The maximum Gasteiger partial charge on any atom is 0.351 e. The molecule has 4 nitrogen and oxygen atoms in total. The number of hydrogen-bond acceptors (Lipinski definition) is 2. The van der Waals surface area contributed by atoms with Gasteiger partial charge in [-0.15, -0.1) is 0 Å². The molecule has 0 bridgehead atoms. The highest BCUT2D eigenvalue weighted by Crippen LogP contribution is 2.27. The first-order chi connectivity index (χ1) is 8.73. The maximum absolute atomic E-state index is 13.7. The third kappa shape index (κ3) is 5.81. The molecular formula is C13H19ClF2N2O2. The summed E-state index contributed by atoms with van der Waals surface area (Å²) in [4.78, 5) is 16.2. The monoisotopic (exact) mass is 308 g/mol. The van der Waals surface area contributed by atoms with Gasteiger partial charge in [-0.25, -0.2) is 5.48 Å². The van der Waals surface area contributed by atoms with Crippen molar-refractivity contribution in [3.05, 3.63) is 35.9 Å².